The van der Waals surface area contributed by atoms with Gasteiger partial charge in [-0.1, -0.05) is 12.1 Å². The number of carbonyl (C=O) groups is 1. The number of aromatic amines is 1. The smallest absolute Gasteiger partial charge is 0.258 e. The summed E-state index contributed by atoms with van der Waals surface area (Å²) in [6.07, 6.45) is 1.75. The van der Waals surface area contributed by atoms with Crippen LogP contribution in [-0.4, -0.2) is 59.7 Å². The van der Waals surface area contributed by atoms with E-state index in [1.54, 1.807) is 49.2 Å². The van der Waals surface area contributed by atoms with Gasteiger partial charge in [-0.15, -0.1) is 0 Å². The Morgan fingerprint density at radius 1 is 1.15 bits per heavy atom. The summed E-state index contributed by atoms with van der Waals surface area (Å²) in [6, 6.07) is 12.8. The van der Waals surface area contributed by atoms with Gasteiger partial charge in [0.1, 0.15) is 5.82 Å². The second kappa shape index (κ2) is 9.42. The van der Waals surface area contributed by atoms with E-state index in [0.29, 0.717) is 35.5 Å². The normalized spacial score (nSPS) is 15.7. The summed E-state index contributed by atoms with van der Waals surface area (Å²) in [5.41, 5.74) is 0.897. The van der Waals surface area contributed by atoms with Crippen molar-refractivity contribution in [3.63, 3.8) is 0 Å². The van der Waals surface area contributed by atoms with E-state index in [1.807, 2.05) is 6.07 Å². The Balaban J connectivity index is 1.40. The van der Waals surface area contributed by atoms with Crippen molar-refractivity contribution in [1.82, 2.24) is 19.2 Å². The lowest BCUT2D eigenvalue weighted by Gasteiger charge is -2.23. The Morgan fingerprint density at radius 3 is 2.52 bits per heavy atom. The molecule has 1 aromatic heterocycles. The highest BCUT2D eigenvalue weighted by Crippen LogP contribution is 2.22. The van der Waals surface area contributed by atoms with Crippen LogP contribution in [0.15, 0.2) is 58.2 Å². The topological polar surface area (TPSA) is 115 Å². The fourth-order valence-electron chi connectivity index (χ4n) is 3.82. The molecule has 0 aliphatic carbocycles. The molecule has 1 fully saturated rings. The van der Waals surface area contributed by atoms with Gasteiger partial charge in [-0.2, -0.15) is 4.31 Å². The Hall–Kier alpha value is -3.08. The van der Waals surface area contributed by atoms with Crippen molar-refractivity contribution < 1.29 is 13.2 Å². The minimum atomic E-state index is -3.49. The summed E-state index contributed by atoms with van der Waals surface area (Å²) in [5, 5.41) is 3.33. The summed E-state index contributed by atoms with van der Waals surface area (Å²) < 4.78 is 26.8. The van der Waals surface area contributed by atoms with Crippen molar-refractivity contribution in [3.8, 4) is 0 Å². The number of fused-ring (bicyclic) bond motifs is 1. The zero-order valence-corrected chi connectivity index (χ0v) is 19.4. The molecular weight excluding hydrogens is 442 g/mol. The van der Waals surface area contributed by atoms with Crippen LogP contribution in [0.5, 0.6) is 0 Å². The maximum atomic E-state index is 12.7. The first-order valence-corrected chi connectivity index (χ1v) is 12.3. The molecule has 33 heavy (non-hydrogen) atoms. The third kappa shape index (κ3) is 4.97. The van der Waals surface area contributed by atoms with Gasteiger partial charge in [0.25, 0.3) is 5.56 Å². The summed E-state index contributed by atoms with van der Waals surface area (Å²) in [4.78, 5) is 34.2. The van der Waals surface area contributed by atoms with Crippen LogP contribution in [0.2, 0.25) is 0 Å². The van der Waals surface area contributed by atoms with Crippen LogP contribution >= 0.6 is 0 Å². The predicted molar refractivity (Wildman–Crippen MR) is 126 cm³/mol. The van der Waals surface area contributed by atoms with Gasteiger partial charge in [0.05, 0.1) is 28.4 Å². The van der Waals surface area contributed by atoms with Crippen molar-refractivity contribution in [1.29, 1.82) is 0 Å². The van der Waals surface area contributed by atoms with Gasteiger partial charge in [0.2, 0.25) is 15.9 Å². The Morgan fingerprint density at radius 2 is 1.82 bits per heavy atom. The maximum Gasteiger partial charge on any atom is 0.258 e. The van der Waals surface area contributed by atoms with Crippen molar-refractivity contribution in [2.75, 3.05) is 25.5 Å². The van der Waals surface area contributed by atoms with Crippen molar-refractivity contribution in [2.24, 2.45) is 0 Å². The molecule has 2 aromatic carbocycles. The standard InChI is InChI=1S/C23H27N5O4S/c1-16(27(2)15-21-25-20-8-4-3-7-19(20)23(30)26-21)22(29)24-17-9-11-18(12-10-17)33(31,32)28-13-5-6-14-28/h3-4,7-12,16H,5-6,13-15H2,1-2H3,(H,24,29)(H,25,26,30)/t16-/m0/s1. The summed E-state index contributed by atoms with van der Waals surface area (Å²) in [6.45, 7) is 3.12. The molecule has 1 aliphatic rings. The fraction of sp³-hybridized carbons (Fsp3) is 0.348. The van der Waals surface area contributed by atoms with Gasteiger partial charge in [-0.25, -0.2) is 13.4 Å². The number of nitrogens with zero attached hydrogens (tertiary/aromatic N) is 3. The highest BCUT2D eigenvalue weighted by atomic mass is 32.2. The maximum absolute atomic E-state index is 12.7. The second-order valence-electron chi connectivity index (χ2n) is 8.25. The number of para-hydroxylation sites is 1. The van der Waals surface area contributed by atoms with E-state index in [4.69, 9.17) is 0 Å². The Bertz CT molecular complexity index is 1310. The minimum absolute atomic E-state index is 0.218. The lowest BCUT2D eigenvalue weighted by atomic mass is 10.2. The van der Waals surface area contributed by atoms with Crippen molar-refractivity contribution >= 4 is 32.5 Å². The van der Waals surface area contributed by atoms with Crippen LogP contribution < -0.4 is 10.9 Å². The lowest BCUT2D eigenvalue weighted by molar-refractivity contribution is -0.120. The lowest BCUT2D eigenvalue weighted by Crippen LogP contribution is -2.39. The third-order valence-corrected chi connectivity index (χ3v) is 7.84. The average Bonchev–Trinajstić information content (AvgIpc) is 3.35. The molecule has 3 aromatic rings. The van der Waals surface area contributed by atoms with Crippen LogP contribution in [0, 0.1) is 0 Å². The SMILES string of the molecule is C[C@@H](C(=O)Nc1ccc(S(=O)(=O)N2CCCC2)cc1)N(C)Cc1nc2ccccc2c(=O)[nH]1. The quantitative estimate of drug-likeness (QED) is 0.548. The molecule has 0 spiro atoms. The van der Waals surface area contributed by atoms with Crippen molar-refractivity contribution in [3.05, 3.63) is 64.7 Å². The van der Waals surface area contributed by atoms with Gasteiger partial charge in [-0.3, -0.25) is 14.5 Å². The van der Waals surface area contributed by atoms with E-state index in [2.05, 4.69) is 15.3 Å². The van der Waals surface area contributed by atoms with Crippen LogP contribution in [-0.2, 0) is 21.4 Å². The number of aromatic nitrogens is 2. The fourth-order valence-corrected chi connectivity index (χ4v) is 5.33. The molecule has 0 unspecified atom stereocenters. The molecule has 1 aliphatic heterocycles. The molecule has 1 saturated heterocycles. The van der Waals surface area contributed by atoms with Gasteiger partial charge >= 0.3 is 0 Å². The second-order valence-corrected chi connectivity index (χ2v) is 10.2. The number of hydrogen-bond acceptors (Lipinski definition) is 6. The summed E-state index contributed by atoms with van der Waals surface area (Å²) in [5.74, 6) is 0.216. The number of likely N-dealkylation sites (N-methyl/N-ethyl adjacent to an activating group) is 1. The first-order chi connectivity index (χ1) is 15.8. The van der Waals surface area contributed by atoms with Crippen LogP contribution in [0.3, 0.4) is 0 Å². The molecular formula is C23H27N5O4S. The van der Waals surface area contributed by atoms with E-state index >= 15 is 0 Å². The molecule has 0 saturated carbocycles. The van der Waals surface area contributed by atoms with Crippen LogP contribution in [0.4, 0.5) is 5.69 Å². The summed E-state index contributed by atoms with van der Waals surface area (Å²) in [7, 11) is -1.72. The van der Waals surface area contributed by atoms with Crippen LogP contribution in [0.1, 0.15) is 25.6 Å². The molecule has 1 atom stereocenters. The van der Waals surface area contributed by atoms with Crippen molar-refractivity contribution in [2.45, 2.75) is 37.2 Å². The number of carbonyl (C=O) groups excluding carboxylic acids is 1. The van der Waals surface area contributed by atoms with E-state index in [9.17, 15) is 18.0 Å². The first-order valence-electron chi connectivity index (χ1n) is 10.8. The van der Waals surface area contributed by atoms with Gasteiger partial charge < -0.3 is 10.3 Å². The van der Waals surface area contributed by atoms with Gasteiger partial charge in [0.15, 0.2) is 0 Å². The number of sulfonamides is 1. The molecule has 9 nitrogen and oxygen atoms in total. The highest BCUT2D eigenvalue weighted by molar-refractivity contribution is 7.89. The number of rotatable bonds is 7. The minimum Gasteiger partial charge on any atom is -0.325 e. The third-order valence-electron chi connectivity index (χ3n) is 5.93. The predicted octanol–water partition coefficient (Wildman–Crippen LogP) is 2.17. The molecule has 174 valence electrons. The number of anilines is 1. The Kier molecular flexibility index (Phi) is 6.59. The molecule has 10 heteroatoms. The first kappa shape index (κ1) is 23.1. The Labute approximate surface area is 192 Å². The zero-order valence-electron chi connectivity index (χ0n) is 18.6. The highest BCUT2D eigenvalue weighted by Gasteiger charge is 2.27. The number of hydrogen-bond donors (Lipinski definition) is 2. The number of nitrogens with one attached hydrogen (secondary N) is 2. The zero-order chi connectivity index (χ0) is 23.6. The monoisotopic (exact) mass is 469 g/mol. The van der Waals surface area contributed by atoms with Gasteiger partial charge in [-0.05, 0) is 63.2 Å². The largest absolute Gasteiger partial charge is 0.325 e. The van der Waals surface area contributed by atoms with E-state index in [1.165, 1.54) is 16.4 Å². The molecule has 2 heterocycles. The van der Waals surface area contributed by atoms with E-state index < -0.39 is 16.1 Å². The van der Waals surface area contributed by atoms with Gasteiger partial charge in [0, 0.05) is 18.8 Å². The molecule has 0 bridgehead atoms. The number of H-pyrrole nitrogens is 1. The summed E-state index contributed by atoms with van der Waals surface area (Å²) >= 11 is 0. The molecule has 0 radical (unpaired) electrons. The van der Waals surface area contributed by atoms with Crippen LogP contribution in [0.25, 0.3) is 10.9 Å². The number of benzene rings is 2. The van der Waals surface area contributed by atoms with E-state index in [-0.39, 0.29) is 22.9 Å². The molecule has 4 rings (SSSR count). The molecule has 1 amide bonds. The average molecular weight is 470 g/mol. The van der Waals surface area contributed by atoms with E-state index in [0.717, 1.165) is 12.8 Å². The number of amides is 1. The molecule has 2 N–H and O–H groups in total.